The lowest BCUT2D eigenvalue weighted by Crippen LogP contribution is -2.32. The van der Waals surface area contributed by atoms with Crippen LogP contribution >= 0.6 is 11.3 Å². The first-order valence-electron chi connectivity index (χ1n) is 9.54. The van der Waals surface area contributed by atoms with E-state index in [1.807, 2.05) is 12.1 Å². The third kappa shape index (κ3) is 4.68. The number of thiophene rings is 1. The molecule has 5 nitrogen and oxygen atoms in total. The molecule has 1 aliphatic rings. The van der Waals surface area contributed by atoms with Crippen molar-refractivity contribution in [3.05, 3.63) is 82.7 Å². The van der Waals surface area contributed by atoms with Gasteiger partial charge in [0, 0.05) is 5.69 Å². The summed E-state index contributed by atoms with van der Waals surface area (Å²) in [4.78, 5) is 12.5. The zero-order valence-electron chi connectivity index (χ0n) is 15.8. The van der Waals surface area contributed by atoms with Crippen molar-refractivity contribution in [3.63, 3.8) is 0 Å². The second-order valence-corrected chi connectivity index (χ2v) is 9.98. The number of hydrogen-bond acceptors (Lipinski definition) is 4. The van der Waals surface area contributed by atoms with E-state index in [4.69, 9.17) is 0 Å². The summed E-state index contributed by atoms with van der Waals surface area (Å²) in [6.07, 6.45) is 3.34. The molecular weight excluding hydrogens is 404 g/mol. The molecule has 1 aromatic heterocycles. The Balaban J connectivity index is 1.37. The summed E-state index contributed by atoms with van der Waals surface area (Å²) >= 11 is 1.17. The van der Waals surface area contributed by atoms with E-state index >= 15 is 0 Å². The van der Waals surface area contributed by atoms with Crippen LogP contribution in [-0.4, -0.2) is 14.3 Å². The molecule has 7 heteroatoms. The van der Waals surface area contributed by atoms with Gasteiger partial charge in [0.2, 0.25) is 5.91 Å². The SMILES string of the molecule is O=C(Cc1ccc(NS(=O)(=O)c2cccs2)cc1)NC1CCCc2ccccc21. The maximum Gasteiger partial charge on any atom is 0.271 e. The standard InChI is InChI=1S/C22H22N2O3S2/c25-21(23-20-8-3-6-17-5-1-2-7-19(17)20)15-16-10-12-18(13-11-16)24-29(26,27)22-9-4-14-28-22/h1-2,4-5,7,9-14,20,24H,3,6,8,15H2,(H,23,25). The van der Waals surface area contributed by atoms with Crippen molar-refractivity contribution < 1.29 is 13.2 Å². The Hall–Kier alpha value is -2.64. The Morgan fingerprint density at radius 2 is 1.83 bits per heavy atom. The number of rotatable bonds is 6. The highest BCUT2D eigenvalue weighted by Gasteiger charge is 2.21. The number of sulfonamides is 1. The van der Waals surface area contributed by atoms with Crippen LogP contribution in [0.25, 0.3) is 0 Å². The minimum Gasteiger partial charge on any atom is -0.349 e. The third-order valence-electron chi connectivity index (χ3n) is 5.04. The van der Waals surface area contributed by atoms with Crippen molar-refractivity contribution in [1.82, 2.24) is 5.32 Å². The second-order valence-electron chi connectivity index (χ2n) is 7.12. The van der Waals surface area contributed by atoms with Crippen LogP contribution in [0.1, 0.15) is 35.6 Å². The van der Waals surface area contributed by atoms with Gasteiger partial charge in [-0.25, -0.2) is 8.42 Å². The van der Waals surface area contributed by atoms with Crippen LogP contribution < -0.4 is 10.0 Å². The fourth-order valence-corrected chi connectivity index (χ4v) is 5.70. The van der Waals surface area contributed by atoms with Gasteiger partial charge in [0.15, 0.2) is 0 Å². The minimum atomic E-state index is -3.56. The number of hydrogen-bond donors (Lipinski definition) is 2. The Labute approximate surface area is 174 Å². The van der Waals surface area contributed by atoms with Crippen molar-refractivity contribution in [3.8, 4) is 0 Å². The van der Waals surface area contributed by atoms with Gasteiger partial charge in [-0.05, 0) is 59.5 Å². The predicted octanol–water partition coefficient (Wildman–Crippen LogP) is 4.29. The van der Waals surface area contributed by atoms with Crippen molar-refractivity contribution >= 4 is 33.0 Å². The number of anilines is 1. The molecule has 1 heterocycles. The first-order chi connectivity index (χ1) is 14.0. The molecular formula is C22H22N2O3S2. The van der Waals surface area contributed by atoms with Gasteiger partial charge in [0.25, 0.3) is 10.0 Å². The van der Waals surface area contributed by atoms with Crippen molar-refractivity contribution in [2.24, 2.45) is 0 Å². The molecule has 2 aromatic carbocycles. The minimum absolute atomic E-state index is 0.0291. The molecule has 0 radical (unpaired) electrons. The summed E-state index contributed by atoms with van der Waals surface area (Å²) in [5, 5.41) is 4.87. The van der Waals surface area contributed by atoms with Crippen LogP contribution in [0.5, 0.6) is 0 Å². The highest BCUT2D eigenvalue weighted by molar-refractivity contribution is 7.94. The van der Waals surface area contributed by atoms with E-state index in [-0.39, 0.29) is 22.6 Å². The summed E-state index contributed by atoms with van der Waals surface area (Å²) < 4.78 is 27.4. The van der Waals surface area contributed by atoms with Gasteiger partial charge in [-0.2, -0.15) is 0 Å². The van der Waals surface area contributed by atoms with Gasteiger partial charge < -0.3 is 5.32 Å². The molecule has 0 fully saturated rings. The summed E-state index contributed by atoms with van der Waals surface area (Å²) in [6.45, 7) is 0. The van der Waals surface area contributed by atoms with E-state index in [2.05, 4.69) is 22.2 Å². The van der Waals surface area contributed by atoms with Gasteiger partial charge >= 0.3 is 0 Å². The Morgan fingerprint density at radius 1 is 1.03 bits per heavy atom. The van der Waals surface area contributed by atoms with Crippen LogP contribution in [0.4, 0.5) is 5.69 Å². The largest absolute Gasteiger partial charge is 0.349 e. The lowest BCUT2D eigenvalue weighted by molar-refractivity contribution is -0.121. The number of amides is 1. The Bertz CT molecular complexity index is 1090. The normalized spacial score (nSPS) is 16.1. The number of fused-ring (bicyclic) bond motifs is 1. The van der Waals surface area contributed by atoms with E-state index in [0.29, 0.717) is 5.69 Å². The van der Waals surface area contributed by atoms with Crippen LogP contribution in [0, 0.1) is 0 Å². The zero-order valence-corrected chi connectivity index (χ0v) is 17.4. The molecule has 0 saturated heterocycles. The van der Waals surface area contributed by atoms with Gasteiger partial charge in [-0.15, -0.1) is 11.3 Å². The quantitative estimate of drug-likeness (QED) is 0.618. The molecule has 0 spiro atoms. The van der Waals surface area contributed by atoms with E-state index in [9.17, 15) is 13.2 Å². The predicted molar refractivity (Wildman–Crippen MR) is 116 cm³/mol. The smallest absolute Gasteiger partial charge is 0.271 e. The number of carbonyl (C=O) groups is 1. The van der Waals surface area contributed by atoms with Crippen molar-refractivity contribution in [2.45, 2.75) is 35.9 Å². The highest BCUT2D eigenvalue weighted by Crippen LogP contribution is 2.29. The van der Waals surface area contributed by atoms with Crippen molar-refractivity contribution in [1.29, 1.82) is 0 Å². The van der Waals surface area contributed by atoms with E-state index in [0.717, 1.165) is 24.8 Å². The van der Waals surface area contributed by atoms with Crippen LogP contribution in [0.15, 0.2) is 70.3 Å². The summed E-state index contributed by atoms with van der Waals surface area (Å²) in [5.74, 6) is -0.0291. The molecule has 0 aliphatic heterocycles. The maximum absolute atomic E-state index is 12.5. The molecule has 3 aromatic rings. The Morgan fingerprint density at radius 3 is 2.59 bits per heavy atom. The average molecular weight is 427 g/mol. The summed E-state index contributed by atoms with van der Waals surface area (Å²) in [7, 11) is -3.56. The van der Waals surface area contributed by atoms with Crippen molar-refractivity contribution in [2.75, 3.05) is 4.72 Å². The highest BCUT2D eigenvalue weighted by atomic mass is 32.2. The molecule has 0 bridgehead atoms. The van der Waals surface area contributed by atoms with Gasteiger partial charge in [-0.1, -0.05) is 42.5 Å². The van der Waals surface area contributed by atoms with E-state index in [1.165, 1.54) is 22.5 Å². The van der Waals surface area contributed by atoms with E-state index in [1.54, 1.807) is 41.8 Å². The van der Waals surface area contributed by atoms with E-state index < -0.39 is 10.0 Å². The zero-order chi connectivity index (χ0) is 20.3. The molecule has 1 aliphatic carbocycles. The average Bonchev–Trinajstić information content (AvgIpc) is 3.26. The summed E-state index contributed by atoms with van der Waals surface area (Å²) in [5.41, 5.74) is 3.84. The fraction of sp³-hybridized carbons (Fsp3) is 0.227. The Kier molecular flexibility index (Phi) is 5.69. The lowest BCUT2D eigenvalue weighted by Gasteiger charge is -2.26. The van der Waals surface area contributed by atoms with Crippen LogP contribution in [-0.2, 0) is 27.7 Å². The number of benzene rings is 2. The first kappa shape index (κ1) is 19.7. The topological polar surface area (TPSA) is 75.3 Å². The van der Waals surface area contributed by atoms with Crippen LogP contribution in [0.2, 0.25) is 0 Å². The van der Waals surface area contributed by atoms with Gasteiger partial charge in [0.1, 0.15) is 4.21 Å². The van der Waals surface area contributed by atoms with Crippen LogP contribution in [0.3, 0.4) is 0 Å². The molecule has 2 N–H and O–H groups in total. The number of nitrogens with one attached hydrogen (secondary N) is 2. The molecule has 29 heavy (non-hydrogen) atoms. The molecule has 1 unspecified atom stereocenters. The maximum atomic E-state index is 12.5. The molecule has 4 rings (SSSR count). The molecule has 150 valence electrons. The second kappa shape index (κ2) is 8.39. The third-order valence-corrected chi connectivity index (χ3v) is 7.81. The number of aryl methyl sites for hydroxylation is 1. The number of carbonyl (C=O) groups excluding carboxylic acids is 1. The molecule has 0 saturated carbocycles. The monoisotopic (exact) mass is 426 g/mol. The first-order valence-corrected chi connectivity index (χ1v) is 11.9. The van der Waals surface area contributed by atoms with Gasteiger partial charge in [0.05, 0.1) is 12.5 Å². The summed E-state index contributed by atoms with van der Waals surface area (Å²) in [6, 6.07) is 18.5. The fourth-order valence-electron chi connectivity index (χ4n) is 3.65. The lowest BCUT2D eigenvalue weighted by atomic mass is 9.87. The molecule has 1 atom stereocenters. The molecule has 1 amide bonds. The van der Waals surface area contributed by atoms with Gasteiger partial charge in [-0.3, -0.25) is 9.52 Å².